The van der Waals surface area contributed by atoms with Crippen molar-refractivity contribution in [2.24, 2.45) is 0 Å². The summed E-state index contributed by atoms with van der Waals surface area (Å²) in [5.74, 6) is -0.536. The summed E-state index contributed by atoms with van der Waals surface area (Å²) in [5, 5.41) is 1.33. The van der Waals surface area contributed by atoms with E-state index < -0.39 is 40.6 Å². The molecule has 0 radical (unpaired) electrons. The number of ether oxygens (including phenoxy) is 2. The summed E-state index contributed by atoms with van der Waals surface area (Å²) in [6.45, 7) is 10.4. The van der Waals surface area contributed by atoms with E-state index in [1.807, 2.05) is 13.8 Å². The second-order valence-corrected chi connectivity index (χ2v) is 9.39. The van der Waals surface area contributed by atoms with E-state index in [1.54, 1.807) is 13.8 Å². The zero-order valence-electron chi connectivity index (χ0n) is 18.8. The Bertz CT molecular complexity index is 655. The molecule has 3 atom stereocenters. The minimum Gasteiger partial charge on any atom is -0.461 e. The summed E-state index contributed by atoms with van der Waals surface area (Å²) in [4.78, 5) is 24.6. The van der Waals surface area contributed by atoms with Gasteiger partial charge >= 0.3 is 22.4 Å². The van der Waals surface area contributed by atoms with E-state index in [-0.39, 0.29) is 25.2 Å². The van der Waals surface area contributed by atoms with Gasteiger partial charge in [0.15, 0.2) is 0 Å². The van der Waals surface area contributed by atoms with Crippen LogP contribution in [-0.4, -0.2) is 62.4 Å². The van der Waals surface area contributed by atoms with Crippen LogP contribution < -0.4 is 10.1 Å². The number of carbonyl (C=O) groups is 2. The lowest BCUT2D eigenvalue weighted by atomic mass is 9.95. The van der Waals surface area contributed by atoms with Crippen LogP contribution >= 0.6 is 0 Å². The molecule has 1 rings (SSSR count). The first-order valence-electron chi connectivity index (χ1n) is 10.6. The lowest BCUT2D eigenvalue weighted by Gasteiger charge is -2.39. The molecule has 0 saturated carbocycles. The smallest absolute Gasteiger partial charge is 0.424 e. The lowest BCUT2D eigenvalue weighted by Crippen LogP contribution is -2.63. The van der Waals surface area contributed by atoms with E-state index in [0.717, 1.165) is 19.3 Å². The SMILES string of the molecule is CCCCC[C@@H](C1NS(=O)(=O)OCC[C@H]1OC(C)=O)N(NC(C)C)C(=O)OC(C)C. The van der Waals surface area contributed by atoms with Crippen molar-refractivity contribution >= 4 is 22.4 Å². The zero-order chi connectivity index (χ0) is 22.9. The molecule has 1 aliphatic rings. The van der Waals surface area contributed by atoms with Gasteiger partial charge in [0.05, 0.1) is 24.8 Å². The molecule has 0 spiro atoms. The van der Waals surface area contributed by atoms with Gasteiger partial charge in [0.2, 0.25) is 0 Å². The molecule has 0 aliphatic carbocycles. The Morgan fingerprint density at radius 1 is 1.23 bits per heavy atom. The van der Waals surface area contributed by atoms with Crippen LogP contribution in [0.1, 0.15) is 73.6 Å². The molecule has 0 bridgehead atoms. The van der Waals surface area contributed by atoms with Gasteiger partial charge in [-0.2, -0.15) is 13.1 Å². The number of hydrazine groups is 1. The van der Waals surface area contributed by atoms with Crippen LogP contribution in [0.3, 0.4) is 0 Å². The largest absolute Gasteiger partial charge is 0.461 e. The van der Waals surface area contributed by atoms with Crippen LogP contribution in [0, 0.1) is 0 Å². The molecule has 2 N–H and O–H groups in total. The normalized spacial score (nSPS) is 22.4. The molecule has 1 amide bonds. The van der Waals surface area contributed by atoms with E-state index in [4.69, 9.17) is 13.7 Å². The first kappa shape index (κ1) is 26.6. The number of hydrogen-bond donors (Lipinski definition) is 2. The number of rotatable bonds is 10. The molecule has 30 heavy (non-hydrogen) atoms. The van der Waals surface area contributed by atoms with Crippen molar-refractivity contribution in [1.82, 2.24) is 15.2 Å². The van der Waals surface area contributed by atoms with Crippen LogP contribution in [0.4, 0.5) is 4.79 Å². The van der Waals surface area contributed by atoms with E-state index in [2.05, 4.69) is 17.1 Å². The average molecular weight is 452 g/mol. The molecule has 1 saturated heterocycles. The topological polar surface area (TPSA) is 123 Å². The molecule has 1 aliphatic heterocycles. The summed E-state index contributed by atoms with van der Waals surface area (Å²) in [5.41, 5.74) is 3.07. The molecule has 1 unspecified atom stereocenters. The van der Waals surface area contributed by atoms with Crippen LogP contribution in [-0.2, 0) is 28.8 Å². The first-order valence-corrected chi connectivity index (χ1v) is 12.0. The summed E-state index contributed by atoms with van der Waals surface area (Å²) >= 11 is 0. The minimum atomic E-state index is -4.07. The second kappa shape index (κ2) is 12.4. The third-order valence-corrected chi connectivity index (χ3v) is 5.46. The highest BCUT2D eigenvalue weighted by Gasteiger charge is 2.42. The predicted octanol–water partition coefficient (Wildman–Crippen LogP) is 2.25. The zero-order valence-corrected chi connectivity index (χ0v) is 19.7. The van der Waals surface area contributed by atoms with Crippen molar-refractivity contribution in [1.29, 1.82) is 0 Å². The standard InChI is InChI=1S/C19H37N3O7S/c1-7-8-9-10-16(22(20-13(2)3)19(24)28-14(4)5)18-17(29-15(6)23)11-12-27-30(25,26)21-18/h13-14,16-18,20-21H,7-12H2,1-6H3/t16-,17+,18?/m0/s1. The van der Waals surface area contributed by atoms with Gasteiger partial charge in [0, 0.05) is 19.4 Å². The molecule has 0 aromatic rings. The number of nitrogens with one attached hydrogen (secondary N) is 2. The minimum absolute atomic E-state index is 0.121. The number of amides is 1. The van der Waals surface area contributed by atoms with Crippen LogP contribution in [0.15, 0.2) is 0 Å². The summed E-state index contributed by atoms with van der Waals surface area (Å²) in [6.07, 6.45) is 1.48. The molecule has 0 aromatic heterocycles. The molecule has 1 heterocycles. The van der Waals surface area contributed by atoms with Crippen molar-refractivity contribution in [3.8, 4) is 0 Å². The third-order valence-electron chi connectivity index (χ3n) is 4.42. The lowest BCUT2D eigenvalue weighted by molar-refractivity contribution is -0.149. The Kier molecular flexibility index (Phi) is 11.0. The highest BCUT2D eigenvalue weighted by Crippen LogP contribution is 2.23. The van der Waals surface area contributed by atoms with E-state index in [0.29, 0.717) is 6.42 Å². The van der Waals surface area contributed by atoms with Crippen LogP contribution in [0.5, 0.6) is 0 Å². The highest BCUT2D eigenvalue weighted by molar-refractivity contribution is 7.84. The molecule has 0 aromatic carbocycles. The number of carbonyl (C=O) groups excluding carboxylic acids is 2. The van der Waals surface area contributed by atoms with Crippen molar-refractivity contribution in [3.63, 3.8) is 0 Å². The maximum absolute atomic E-state index is 12.9. The first-order chi connectivity index (χ1) is 14.0. The summed E-state index contributed by atoms with van der Waals surface area (Å²) in [6, 6.07) is -1.68. The third kappa shape index (κ3) is 9.15. The molecular weight excluding hydrogens is 414 g/mol. The van der Waals surface area contributed by atoms with Gasteiger partial charge < -0.3 is 9.47 Å². The molecule has 10 nitrogen and oxygen atoms in total. The Labute approximate surface area is 180 Å². The summed E-state index contributed by atoms with van der Waals surface area (Å²) in [7, 11) is -4.07. The van der Waals surface area contributed by atoms with Crippen LogP contribution in [0.2, 0.25) is 0 Å². The quantitative estimate of drug-likeness (QED) is 0.294. The number of nitrogens with zero attached hydrogens (tertiary/aromatic N) is 1. The van der Waals surface area contributed by atoms with E-state index >= 15 is 0 Å². The number of unbranched alkanes of at least 4 members (excludes halogenated alkanes) is 2. The van der Waals surface area contributed by atoms with Crippen molar-refractivity contribution < 1.29 is 31.7 Å². The Morgan fingerprint density at radius 3 is 2.43 bits per heavy atom. The Balaban J connectivity index is 3.37. The van der Waals surface area contributed by atoms with Gasteiger partial charge in [-0.15, -0.1) is 0 Å². The van der Waals surface area contributed by atoms with E-state index in [9.17, 15) is 18.0 Å². The average Bonchev–Trinajstić information content (AvgIpc) is 2.74. The summed E-state index contributed by atoms with van der Waals surface area (Å²) < 4.78 is 42.8. The van der Waals surface area contributed by atoms with Gasteiger partial charge in [0.25, 0.3) is 0 Å². The number of esters is 1. The van der Waals surface area contributed by atoms with Gasteiger partial charge in [-0.25, -0.2) is 15.2 Å². The Hall–Kier alpha value is -1.43. The van der Waals surface area contributed by atoms with Crippen LogP contribution in [0.25, 0.3) is 0 Å². The fourth-order valence-electron chi connectivity index (χ4n) is 3.29. The maximum Gasteiger partial charge on any atom is 0.424 e. The fraction of sp³-hybridized carbons (Fsp3) is 0.895. The predicted molar refractivity (Wildman–Crippen MR) is 112 cm³/mol. The van der Waals surface area contributed by atoms with Gasteiger partial charge in [-0.05, 0) is 34.1 Å². The maximum atomic E-state index is 12.9. The molecular formula is C19H37N3O7S. The van der Waals surface area contributed by atoms with Crippen molar-refractivity contribution in [2.75, 3.05) is 6.61 Å². The van der Waals surface area contributed by atoms with Gasteiger partial charge in [0.1, 0.15) is 6.10 Å². The fourth-order valence-corrected chi connectivity index (χ4v) is 4.32. The molecule has 176 valence electrons. The number of hydrogen-bond acceptors (Lipinski definition) is 8. The second-order valence-electron chi connectivity index (χ2n) is 8.01. The highest BCUT2D eigenvalue weighted by atomic mass is 32.2. The van der Waals surface area contributed by atoms with Crippen molar-refractivity contribution in [2.45, 2.75) is 104 Å². The van der Waals surface area contributed by atoms with E-state index in [1.165, 1.54) is 11.9 Å². The molecule has 11 heteroatoms. The molecule has 1 fully saturated rings. The monoisotopic (exact) mass is 451 g/mol. The van der Waals surface area contributed by atoms with Gasteiger partial charge in [-0.3, -0.25) is 8.98 Å². The van der Waals surface area contributed by atoms with Gasteiger partial charge in [-0.1, -0.05) is 26.2 Å². The van der Waals surface area contributed by atoms with Crippen molar-refractivity contribution in [3.05, 3.63) is 0 Å². The Morgan fingerprint density at radius 2 is 1.90 bits per heavy atom.